The first-order valence-electron chi connectivity index (χ1n) is 13.0. The summed E-state index contributed by atoms with van der Waals surface area (Å²) < 4.78 is 11.9. The molecule has 1 saturated heterocycles. The lowest BCUT2D eigenvalue weighted by Gasteiger charge is -2.26. The van der Waals surface area contributed by atoms with E-state index in [0.717, 1.165) is 27.2 Å². The van der Waals surface area contributed by atoms with Gasteiger partial charge in [-0.15, -0.1) is 0 Å². The van der Waals surface area contributed by atoms with Gasteiger partial charge >= 0.3 is 6.03 Å². The summed E-state index contributed by atoms with van der Waals surface area (Å²) in [7, 11) is 0. The predicted octanol–water partition coefficient (Wildman–Crippen LogP) is 7.43. The first-order chi connectivity index (χ1) is 20.2. The van der Waals surface area contributed by atoms with Crippen LogP contribution < -0.4 is 19.7 Å². The molecule has 0 spiro atoms. The fourth-order valence-electron chi connectivity index (χ4n) is 4.56. The van der Waals surface area contributed by atoms with E-state index in [1.807, 2.05) is 38.1 Å². The first kappa shape index (κ1) is 28.9. The Kier molecular flexibility index (Phi) is 8.61. The number of barbiturate groups is 1. The molecule has 42 heavy (non-hydrogen) atoms. The Labute approximate surface area is 253 Å². The van der Waals surface area contributed by atoms with Crippen molar-refractivity contribution in [2.45, 2.75) is 27.1 Å². The molecule has 0 atom stereocenters. The highest BCUT2D eigenvalue weighted by atomic mass is 35.5. The van der Waals surface area contributed by atoms with Gasteiger partial charge in [0.15, 0.2) is 0 Å². The summed E-state index contributed by atoms with van der Waals surface area (Å²) in [6.07, 6.45) is 1.38. The molecule has 1 fully saturated rings. The number of halogens is 2. The van der Waals surface area contributed by atoms with Gasteiger partial charge in [0, 0.05) is 15.6 Å². The number of amides is 4. The molecule has 1 heterocycles. The maximum atomic E-state index is 13.5. The number of urea groups is 1. The smallest absolute Gasteiger partial charge is 0.335 e. The van der Waals surface area contributed by atoms with Crippen molar-refractivity contribution in [1.29, 1.82) is 0 Å². The molecule has 0 radical (unpaired) electrons. The number of nitrogens with zero attached hydrogens (tertiary/aromatic N) is 1. The molecule has 7 nitrogen and oxygen atoms in total. The summed E-state index contributed by atoms with van der Waals surface area (Å²) in [4.78, 5) is 39.9. The lowest BCUT2D eigenvalue weighted by molar-refractivity contribution is -0.122. The third-order valence-corrected chi connectivity index (χ3v) is 6.95. The summed E-state index contributed by atoms with van der Waals surface area (Å²) in [6, 6.07) is 23.9. The van der Waals surface area contributed by atoms with E-state index in [1.165, 1.54) is 6.08 Å². The van der Waals surface area contributed by atoms with Gasteiger partial charge in [-0.1, -0.05) is 64.7 Å². The summed E-state index contributed by atoms with van der Waals surface area (Å²) in [5.74, 6) is -0.629. The number of aryl methyl sites for hydroxylation is 2. The summed E-state index contributed by atoms with van der Waals surface area (Å²) >= 11 is 12.2. The van der Waals surface area contributed by atoms with E-state index in [1.54, 1.807) is 54.6 Å². The minimum absolute atomic E-state index is 0.240. The van der Waals surface area contributed by atoms with Crippen LogP contribution in [0.3, 0.4) is 0 Å². The number of ether oxygens (including phenoxy) is 2. The molecule has 5 rings (SSSR count). The summed E-state index contributed by atoms with van der Waals surface area (Å²) in [5.41, 5.74) is 4.59. The zero-order chi connectivity index (χ0) is 29.8. The fourth-order valence-corrected chi connectivity index (χ4v) is 4.87. The normalized spacial score (nSPS) is 14.2. The van der Waals surface area contributed by atoms with Gasteiger partial charge in [0.05, 0.1) is 5.69 Å². The molecule has 9 heteroatoms. The quantitative estimate of drug-likeness (QED) is 0.168. The second kappa shape index (κ2) is 12.5. The minimum Gasteiger partial charge on any atom is -0.489 e. The zero-order valence-corrected chi connectivity index (χ0v) is 24.3. The van der Waals surface area contributed by atoms with Gasteiger partial charge in [0.1, 0.15) is 30.3 Å². The third kappa shape index (κ3) is 6.82. The average Bonchev–Trinajstić information content (AvgIpc) is 2.94. The van der Waals surface area contributed by atoms with Crippen LogP contribution in [0.15, 0.2) is 90.5 Å². The van der Waals surface area contributed by atoms with Crippen molar-refractivity contribution >= 4 is 52.8 Å². The van der Waals surface area contributed by atoms with Gasteiger partial charge in [-0.25, -0.2) is 9.69 Å². The molecule has 1 aliphatic rings. The van der Waals surface area contributed by atoms with Crippen LogP contribution in [0.1, 0.15) is 27.8 Å². The number of imide groups is 2. The molecule has 4 aromatic rings. The second-order valence-corrected chi connectivity index (χ2v) is 10.7. The topological polar surface area (TPSA) is 84.9 Å². The summed E-state index contributed by atoms with van der Waals surface area (Å²) in [6.45, 7) is 4.61. The molecule has 0 bridgehead atoms. The van der Waals surface area contributed by atoms with Gasteiger partial charge in [0.2, 0.25) is 0 Å². The van der Waals surface area contributed by atoms with Gasteiger partial charge in [0.25, 0.3) is 11.8 Å². The van der Waals surface area contributed by atoms with E-state index in [-0.39, 0.29) is 17.9 Å². The molecule has 0 aromatic heterocycles. The van der Waals surface area contributed by atoms with Gasteiger partial charge in [-0.2, -0.15) is 0 Å². The van der Waals surface area contributed by atoms with E-state index in [2.05, 4.69) is 11.4 Å². The SMILES string of the molecule is Cc1cc(C)cc(COc2ccc(Cl)cc2/C=C2\C(=O)NC(=O)N(c3ccc(OCc4ccc(Cl)cc4)cc3)C2=O)c1. The fraction of sp³-hybridized carbons (Fsp3) is 0.121. The van der Waals surface area contributed by atoms with Crippen molar-refractivity contribution in [3.8, 4) is 11.5 Å². The monoisotopic (exact) mass is 600 g/mol. The van der Waals surface area contributed by atoms with E-state index in [0.29, 0.717) is 33.7 Å². The van der Waals surface area contributed by atoms with E-state index in [4.69, 9.17) is 32.7 Å². The first-order valence-corrected chi connectivity index (χ1v) is 13.8. The van der Waals surface area contributed by atoms with Crippen molar-refractivity contribution < 1.29 is 23.9 Å². The Balaban J connectivity index is 1.36. The molecule has 0 unspecified atom stereocenters. The Morgan fingerprint density at radius 3 is 2.07 bits per heavy atom. The number of anilines is 1. The van der Waals surface area contributed by atoms with Crippen molar-refractivity contribution in [2.75, 3.05) is 4.90 Å². The highest BCUT2D eigenvalue weighted by molar-refractivity contribution is 6.39. The van der Waals surface area contributed by atoms with Crippen LogP contribution in [-0.2, 0) is 22.8 Å². The lowest BCUT2D eigenvalue weighted by Crippen LogP contribution is -2.54. The Hall–Kier alpha value is -4.59. The van der Waals surface area contributed by atoms with Crippen LogP contribution >= 0.6 is 23.2 Å². The predicted molar refractivity (Wildman–Crippen MR) is 163 cm³/mol. The molecular formula is C33H26Cl2N2O5. The van der Waals surface area contributed by atoms with Crippen LogP contribution in [-0.4, -0.2) is 17.8 Å². The number of hydrogen-bond acceptors (Lipinski definition) is 5. The molecule has 212 valence electrons. The van der Waals surface area contributed by atoms with Gasteiger partial charge in [-0.3, -0.25) is 14.9 Å². The molecule has 1 N–H and O–H groups in total. The Morgan fingerprint density at radius 1 is 0.738 bits per heavy atom. The highest BCUT2D eigenvalue weighted by Crippen LogP contribution is 2.29. The Morgan fingerprint density at radius 2 is 1.38 bits per heavy atom. The molecule has 0 saturated carbocycles. The standard InChI is InChI=1S/C33H26Cl2N2O5/c1-20-13-21(2)15-23(14-20)19-42-30-12-7-26(35)16-24(30)17-29-31(38)36-33(40)37(32(29)39)27-8-10-28(11-9-27)41-18-22-3-5-25(34)6-4-22/h3-17H,18-19H2,1-2H3,(H,36,38,40)/b29-17+. The van der Waals surface area contributed by atoms with E-state index in [9.17, 15) is 14.4 Å². The lowest BCUT2D eigenvalue weighted by atomic mass is 10.1. The maximum absolute atomic E-state index is 13.5. The third-order valence-electron chi connectivity index (χ3n) is 6.46. The van der Waals surface area contributed by atoms with Crippen molar-refractivity contribution in [3.05, 3.63) is 128 Å². The van der Waals surface area contributed by atoms with Crippen LogP contribution in [0.4, 0.5) is 10.5 Å². The van der Waals surface area contributed by atoms with E-state index >= 15 is 0 Å². The number of carbonyl (C=O) groups is 3. The van der Waals surface area contributed by atoms with Gasteiger partial charge in [-0.05, 0) is 85.6 Å². The molecule has 0 aliphatic carbocycles. The molecule has 1 aliphatic heterocycles. The van der Waals surface area contributed by atoms with Gasteiger partial charge < -0.3 is 9.47 Å². The number of rotatable bonds is 8. The molecular weight excluding hydrogens is 575 g/mol. The van der Waals surface area contributed by atoms with Crippen LogP contribution in [0.25, 0.3) is 6.08 Å². The maximum Gasteiger partial charge on any atom is 0.335 e. The number of benzene rings is 4. The molecule has 4 aromatic carbocycles. The number of carbonyl (C=O) groups excluding carboxylic acids is 3. The van der Waals surface area contributed by atoms with Crippen LogP contribution in [0.2, 0.25) is 10.0 Å². The number of hydrogen-bond donors (Lipinski definition) is 1. The Bertz CT molecular complexity index is 1680. The average molecular weight is 601 g/mol. The van der Waals surface area contributed by atoms with Crippen molar-refractivity contribution in [1.82, 2.24) is 5.32 Å². The largest absolute Gasteiger partial charge is 0.489 e. The molecule has 4 amide bonds. The van der Waals surface area contributed by atoms with Crippen molar-refractivity contribution in [2.24, 2.45) is 0 Å². The highest BCUT2D eigenvalue weighted by Gasteiger charge is 2.37. The van der Waals surface area contributed by atoms with E-state index < -0.39 is 17.8 Å². The van der Waals surface area contributed by atoms with Crippen LogP contribution in [0, 0.1) is 13.8 Å². The minimum atomic E-state index is -0.852. The zero-order valence-electron chi connectivity index (χ0n) is 22.8. The van der Waals surface area contributed by atoms with Crippen LogP contribution in [0.5, 0.6) is 11.5 Å². The second-order valence-electron chi connectivity index (χ2n) is 9.83. The summed E-state index contributed by atoms with van der Waals surface area (Å²) in [5, 5.41) is 3.27. The van der Waals surface area contributed by atoms with Crippen molar-refractivity contribution in [3.63, 3.8) is 0 Å². The number of nitrogens with one attached hydrogen (secondary N) is 1.